The molecule has 2 aromatic carbocycles. The number of thiophene rings is 1. The third-order valence-corrected chi connectivity index (χ3v) is 9.41. The number of anilines is 4. The zero-order valence-electron chi connectivity index (χ0n) is 24.6. The molecule has 2 N–H and O–H groups in total. The maximum atomic E-state index is 13.6. The molecule has 0 atom stereocenters. The SMILES string of the molecule is Cc1cc(Oc2ccccc2)ccc1N1C(=O)Nc2c(NC(=O)C3CCN(C(=O)/C(C#N)=C/C4CC4)CC3)sc3nccc1c23. The van der Waals surface area contributed by atoms with Crippen LogP contribution >= 0.6 is 11.3 Å². The fraction of sp³-hybridized carbons (Fsp3) is 0.265. The number of carbonyl (C=O) groups is 3. The van der Waals surface area contributed by atoms with Crippen molar-refractivity contribution in [2.75, 3.05) is 28.6 Å². The molecule has 45 heavy (non-hydrogen) atoms. The molecule has 1 aliphatic carbocycles. The fourth-order valence-electron chi connectivity index (χ4n) is 5.86. The fourth-order valence-corrected chi connectivity index (χ4v) is 6.89. The molecule has 3 aliphatic rings. The van der Waals surface area contributed by atoms with Crippen molar-refractivity contribution >= 4 is 61.5 Å². The number of aromatic nitrogens is 1. The van der Waals surface area contributed by atoms with Crippen molar-refractivity contribution in [3.05, 3.63) is 78.0 Å². The summed E-state index contributed by atoms with van der Waals surface area (Å²) >= 11 is 1.31. The van der Waals surface area contributed by atoms with E-state index in [2.05, 4.69) is 15.6 Å². The molecular weight excluding hydrogens is 588 g/mol. The maximum absolute atomic E-state index is 13.6. The number of allylic oxidation sites excluding steroid dienone is 1. The van der Waals surface area contributed by atoms with Gasteiger partial charge in [-0.05, 0) is 80.5 Å². The van der Waals surface area contributed by atoms with E-state index in [1.165, 1.54) is 11.3 Å². The van der Waals surface area contributed by atoms with Gasteiger partial charge in [0, 0.05) is 25.2 Å². The minimum absolute atomic E-state index is 0.165. The topological polar surface area (TPSA) is 128 Å². The number of carbonyl (C=O) groups excluding carboxylic acids is 3. The number of hydrogen-bond donors (Lipinski definition) is 2. The standard InChI is InChI=1S/C34H30N6O4S/c1-20-17-25(44-24-5-3-2-4-6-24)9-10-26(20)40-27-11-14-36-31-28(27)29(37-34(40)43)32(45-31)38-30(41)22-12-15-39(16-13-22)33(42)23(19-35)18-21-7-8-21/h2-6,9-11,14,17-18,21-22H,7-8,12-13,15-16H2,1H3,(H,37,43)(H,38,41)/b23-18+. The third-order valence-electron chi connectivity index (χ3n) is 8.40. The lowest BCUT2D eigenvalue weighted by molar-refractivity contribution is -0.130. The van der Waals surface area contributed by atoms with Gasteiger partial charge in [0.2, 0.25) is 5.91 Å². The van der Waals surface area contributed by atoms with Crippen LogP contribution < -0.4 is 20.3 Å². The molecule has 226 valence electrons. The number of nitriles is 1. The van der Waals surface area contributed by atoms with Crippen molar-refractivity contribution in [1.29, 1.82) is 5.26 Å². The molecule has 4 heterocycles. The van der Waals surface area contributed by atoms with E-state index in [4.69, 9.17) is 4.74 Å². The Morgan fingerprint density at radius 2 is 1.84 bits per heavy atom. The largest absolute Gasteiger partial charge is 0.457 e. The monoisotopic (exact) mass is 618 g/mol. The van der Waals surface area contributed by atoms with Gasteiger partial charge in [-0.25, -0.2) is 9.78 Å². The number of amides is 4. The lowest BCUT2D eigenvalue weighted by atomic mass is 9.95. The van der Waals surface area contributed by atoms with Crippen LogP contribution in [0.4, 0.5) is 26.9 Å². The van der Waals surface area contributed by atoms with Crippen molar-refractivity contribution < 1.29 is 19.1 Å². The number of aryl methyl sites for hydroxylation is 1. The van der Waals surface area contributed by atoms with E-state index in [1.807, 2.05) is 61.5 Å². The Bertz CT molecular complexity index is 1900. The summed E-state index contributed by atoms with van der Waals surface area (Å²) in [5, 5.41) is 16.8. The van der Waals surface area contributed by atoms with Crippen molar-refractivity contribution in [2.24, 2.45) is 11.8 Å². The smallest absolute Gasteiger partial charge is 0.331 e. The van der Waals surface area contributed by atoms with Gasteiger partial charge in [-0.3, -0.25) is 14.5 Å². The Morgan fingerprint density at radius 3 is 2.56 bits per heavy atom. The summed E-state index contributed by atoms with van der Waals surface area (Å²) in [5.41, 5.74) is 2.96. The molecule has 0 radical (unpaired) electrons. The van der Waals surface area contributed by atoms with Gasteiger partial charge >= 0.3 is 6.03 Å². The highest BCUT2D eigenvalue weighted by Gasteiger charge is 2.34. The first-order valence-electron chi connectivity index (χ1n) is 15.0. The van der Waals surface area contributed by atoms with Gasteiger partial charge in [0.15, 0.2) is 0 Å². The second kappa shape index (κ2) is 11.7. The number of piperidine rings is 1. The van der Waals surface area contributed by atoms with Gasteiger partial charge in [0.05, 0.1) is 22.4 Å². The summed E-state index contributed by atoms with van der Waals surface area (Å²) in [4.78, 5) is 48.3. The maximum Gasteiger partial charge on any atom is 0.331 e. The first-order chi connectivity index (χ1) is 21.9. The summed E-state index contributed by atoms with van der Waals surface area (Å²) in [7, 11) is 0. The average molecular weight is 619 g/mol. The minimum atomic E-state index is -0.344. The Hall–Kier alpha value is -5.21. The summed E-state index contributed by atoms with van der Waals surface area (Å²) in [6.07, 6.45) is 6.47. The molecule has 0 bridgehead atoms. The van der Waals surface area contributed by atoms with E-state index >= 15 is 0 Å². The van der Waals surface area contributed by atoms with Gasteiger partial charge in [-0.2, -0.15) is 5.26 Å². The van der Waals surface area contributed by atoms with Crippen molar-refractivity contribution in [3.63, 3.8) is 0 Å². The quantitative estimate of drug-likeness (QED) is 0.168. The molecule has 7 rings (SSSR count). The number of para-hydroxylation sites is 1. The predicted octanol–water partition coefficient (Wildman–Crippen LogP) is 7.12. The lowest BCUT2D eigenvalue weighted by Gasteiger charge is -2.31. The van der Waals surface area contributed by atoms with Crippen LogP contribution in [0.2, 0.25) is 0 Å². The Morgan fingerprint density at radius 1 is 1.07 bits per heavy atom. The van der Waals surface area contributed by atoms with Crippen LogP contribution in [-0.4, -0.2) is 40.8 Å². The number of likely N-dealkylation sites (tertiary alicyclic amines) is 1. The summed E-state index contributed by atoms with van der Waals surface area (Å²) < 4.78 is 5.98. The highest BCUT2D eigenvalue weighted by Crippen LogP contribution is 2.49. The van der Waals surface area contributed by atoms with Gasteiger partial charge in [-0.1, -0.05) is 35.6 Å². The van der Waals surface area contributed by atoms with Crippen LogP contribution in [0.3, 0.4) is 0 Å². The zero-order valence-corrected chi connectivity index (χ0v) is 25.4. The van der Waals surface area contributed by atoms with Crippen molar-refractivity contribution in [2.45, 2.75) is 32.6 Å². The number of benzene rings is 2. The normalized spacial score (nSPS) is 16.7. The van der Waals surface area contributed by atoms with Gasteiger partial charge in [-0.15, -0.1) is 0 Å². The van der Waals surface area contributed by atoms with E-state index in [0.29, 0.717) is 64.5 Å². The van der Waals surface area contributed by atoms with Crippen LogP contribution in [0.15, 0.2) is 72.4 Å². The molecule has 2 aromatic heterocycles. The predicted molar refractivity (Wildman–Crippen MR) is 173 cm³/mol. The molecule has 1 saturated carbocycles. The van der Waals surface area contributed by atoms with Crippen molar-refractivity contribution in [3.8, 4) is 17.6 Å². The number of pyridine rings is 1. The van der Waals surface area contributed by atoms with Gasteiger partial charge < -0.3 is 20.3 Å². The van der Waals surface area contributed by atoms with Crippen LogP contribution in [0, 0.1) is 30.1 Å². The molecule has 4 amide bonds. The number of nitrogens with zero attached hydrogens (tertiary/aromatic N) is 4. The summed E-state index contributed by atoms with van der Waals surface area (Å²) in [5.74, 6) is 1.00. The van der Waals surface area contributed by atoms with E-state index < -0.39 is 0 Å². The van der Waals surface area contributed by atoms with Crippen LogP contribution in [0.5, 0.6) is 11.5 Å². The number of rotatable bonds is 7. The highest BCUT2D eigenvalue weighted by atomic mass is 32.1. The number of ether oxygens (including phenoxy) is 1. The second-order valence-corrected chi connectivity index (χ2v) is 12.5. The highest BCUT2D eigenvalue weighted by molar-refractivity contribution is 7.23. The molecule has 4 aromatic rings. The van der Waals surface area contributed by atoms with Crippen molar-refractivity contribution in [1.82, 2.24) is 9.88 Å². The first kappa shape index (κ1) is 28.6. The number of urea groups is 1. The van der Waals surface area contributed by atoms with Crippen LogP contribution in [0.1, 0.15) is 31.2 Å². The molecule has 1 saturated heterocycles. The Balaban J connectivity index is 1.08. The Labute approximate surface area is 263 Å². The van der Waals surface area contributed by atoms with E-state index in [0.717, 1.165) is 29.5 Å². The first-order valence-corrected chi connectivity index (χ1v) is 15.8. The second-order valence-electron chi connectivity index (χ2n) is 11.5. The van der Waals surface area contributed by atoms with Crippen LogP contribution in [0.25, 0.3) is 10.2 Å². The Kier molecular flexibility index (Phi) is 7.43. The molecule has 2 fully saturated rings. The molecule has 2 aliphatic heterocycles. The van der Waals surface area contributed by atoms with Crippen LogP contribution in [-0.2, 0) is 9.59 Å². The van der Waals surface area contributed by atoms with Gasteiger partial charge in [0.1, 0.15) is 33.0 Å². The molecule has 11 heteroatoms. The number of nitrogens with one attached hydrogen (secondary N) is 2. The molecular formula is C34H30N6O4S. The van der Waals surface area contributed by atoms with E-state index in [1.54, 1.807) is 28.1 Å². The molecule has 0 spiro atoms. The molecule has 0 unspecified atom stereocenters. The average Bonchev–Trinajstić information content (AvgIpc) is 3.81. The third kappa shape index (κ3) is 5.60. The summed E-state index contributed by atoms with van der Waals surface area (Å²) in [6.45, 7) is 2.74. The van der Waals surface area contributed by atoms with E-state index in [9.17, 15) is 19.6 Å². The number of hydrogen-bond acceptors (Lipinski definition) is 7. The summed E-state index contributed by atoms with van der Waals surface area (Å²) in [6, 6.07) is 18.6. The van der Waals surface area contributed by atoms with E-state index in [-0.39, 0.29) is 29.3 Å². The lowest BCUT2D eigenvalue weighted by Crippen LogP contribution is -2.42. The molecule has 10 nitrogen and oxygen atoms in total. The van der Waals surface area contributed by atoms with Gasteiger partial charge in [0.25, 0.3) is 5.91 Å². The zero-order chi connectivity index (χ0) is 31.1. The minimum Gasteiger partial charge on any atom is -0.457 e.